The molecule has 0 radical (unpaired) electrons. The van der Waals surface area contributed by atoms with Gasteiger partial charge in [-0.15, -0.1) is 0 Å². The highest BCUT2D eigenvalue weighted by Crippen LogP contribution is 2.23. The predicted molar refractivity (Wildman–Crippen MR) is 118 cm³/mol. The fraction of sp³-hybridized carbons (Fsp3) is 0.292. The molecular formula is C24H26N2O2S. The van der Waals surface area contributed by atoms with Crippen LogP contribution in [0.1, 0.15) is 17.2 Å². The molecule has 0 bridgehead atoms. The van der Waals surface area contributed by atoms with Crippen molar-refractivity contribution in [2.75, 3.05) is 32.8 Å². The molecule has 1 amide bonds. The number of ether oxygens (including phenoxy) is 1. The molecule has 3 aromatic rings. The molecule has 1 unspecified atom stereocenters. The average molecular weight is 407 g/mol. The van der Waals surface area contributed by atoms with Crippen LogP contribution in [0.5, 0.6) is 0 Å². The monoisotopic (exact) mass is 406 g/mol. The molecule has 1 atom stereocenters. The summed E-state index contributed by atoms with van der Waals surface area (Å²) in [6, 6.07) is 20.9. The lowest BCUT2D eigenvalue weighted by molar-refractivity contribution is -0.120. The summed E-state index contributed by atoms with van der Waals surface area (Å²) in [5.74, 6) is 0.0611. The first kappa shape index (κ1) is 19.8. The van der Waals surface area contributed by atoms with E-state index >= 15 is 0 Å². The minimum absolute atomic E-state index is 0.0611. The molecule has 1 aliphatic heterocycles. The fourth-order valence-corrected chi connectivity index (χ4v) is 4.42. The lowest BCUT2D eigenvalue weighted by Crippen LogP contribution is -2.43. The lowest BCUT2D eigenvalue weighted by atomic mass is 10.0. The van der Waals surface area contributed by atoms with Gasteiger partial charge in [-0.05, 0) is 39.1 Å². The third kappa shape index (κ3) is 5.32. The largest absolute Gasteiger partial charge is 0.379 e. The number of thiophene rings is 1. The van der Waals surface area contributed by atoms with E-state index in [1.54, 1.807) is 11.3 Å². The molecule has 0 spiro atoms. The molecule has 0 aliphatic carbocycles. The third-order valence-electron chi connectivity index (χ3n) is 5.33. The standard InChI is InChI=1S/C24H26N2O2S/c27-24(16-19-6-8-21(9-7-19)20-4-2-1-3-5-20)25-17-23(22-10-15-29-18-22)26-11-13-28-14-12-26/h1-10,15,18,23H,11-14,16-17H2,(H,25,27). The molecule has 29 heavy (non-hydrogen) atoms. The summed E-state index contributed by atoms with van der Waals surface area (Å²) in [7, 11) is 0. The number of amides is 1. The van der Waals surface area contributed by atoms with Crippen molar-refractivity contribution in [2.45, 2.75) is 12.5 Å². The van der Waals surface area contributed by atoms with Crippen molar-refractivity contribution in [2.24, 2.45) is 0 Å². The summed E-state index contributed by atoms with van der Waals surface area (Å²) in [6.07, 6.45) is 0.397. The second-order valence-corrected chi connectivity index (χ2v) is 8.04. The van der Waals surface area contributed by atoms with Crippen molar-refractivity contribution in [1.82, 2.24) is 10.2 Å². The highest BCUT2D eigenvalue weighted by atomic mass is 32.1. The Morgan fingerprint density at radius 1 is 1.00 bits per heavy atom. The maximum Gasteiger partial charge on any atom is 0.224 e. The van der Waals surface area contributed by atoms with Gasteiger partial charge in [0.25, 0.3) is 0 Å². The van der Waals surface area contributed by atoms with E-state index in [0.717, 1.165) is 31.9 Å². The van der Waals surface area contributed by atoms with Crippen LogP contribution in [0.25, 0.3) is 11.1 Å². The van der Waals surface area contributed by atoms with E-state index in [4.69, 9.17) is 4.74 Å². The molecule has 150 valence electrons. The quantitative estimate of drug-likeness (QED) is 0.641. The Morgan fingerprint density at radius 2 is 1.72 bits per heavy atom. The minimum atomic E-state index is 0.0611. The zero-order valence-electron chi connectivity index (χ0n) is 16.4. The van der Waals surface area contributed by atoms with Crippen LogP contribution in [-0.2, 0) is 16.0 Å². The minimum Gasteiger partial charge on any atom is -0.379 e. The molecule has 5 heteroatoms. The smallest absolute Gasteiger partial charge is 0.224 e. The number of nitrogens with one attached hydrogen (secondary N) is 1. The second-order valence-electron chi connectivity index (χ2n) is 7.26. The van der Waals surface area contributed by atoms with Crippen molar-refractivity contribution in [1.29, 1.82) is 0 Å². The van der Waals surface area contributed by atoms with Crippen molar-refractivity contribution in [3.8, 4) is 11.1 Å². The molecule has 1 N–H and O–H groups in total. The first-order valence-electron chi connectivity index (χ1n) is 10.0. The van der Waals surface area contributed by atoms with E-state index in [2.05, 4.69) is 51.3 Å². The van der Waals surface area contributed by atoms with E-state index < -0.39 is 0 Å². The molecule has 1 fully saturated rings. The molecule has 1 aliphatic rings. The molecule has 0 saturated carbocycles. The van der Waals surface area contributed by atoms with Gasteiger partial charge in [0.2, 0.25) is 5.91 Å². The van der Waals surface area contributed by atoms with Gasteiger partial charge >= 0.3 is 0 Å². The van der Waals surface area contributed by atoms with Gasteiger partial charge in [0.15, 0.2) is 0 Å². The molecule has 4 rings (SSSR count). The highest BCUT2D eigenvalue weighted by Gasteiger charge is 2.23. The number of hydrogen-bond acceptors (Lipinski definition) is 4. The molecule has 1 saturated heterocycles. The topological polar surface area (TPSA) is 41.6 Å². The Labute approximate surface area is 176 Å². The summed E-state index contributed by atoms with van der Waals surface area (Å²) in [5, 5.41) is 7.42. The first-order chi connectivity index (χ1) is 14.3. The Morgan fingerprint density at radius 3 is 2.41 bits per heavy atom. The molecule has 4 nitrogen and oxygen atoms in total. The van der Waals surface area contributed by atoms with E-state index in [-0.39, 0.29) is 11.9 Å². The van der Waals surface area contributed by atoms with Crippen LogP contribution in [0.3, 0.4) is 0 Å². The summed E-state index contributed by atoms with van der Waals surface area (Å²) in [5.41, 5.74) is 4.65. The van der Waals surface area contributed by atoms with Crippen molar-refractivity contribution >= 4 is 17.2 Å². The zero-order valence-corrected chi connectivity index (χ0v) is 17.2. The van der Waals surface area contributed by atoms with Crippen LogP contribution in [0.15, 0.2) is 71.4 Å². The molecule has 2 aromatic carbocycles. The van der Waals surface area contributed by atoms with Gasteiger partial charge in [0.1, 0.15) is 0 Å². The number of carbonyl (C=O) groups is 1. The third-order valence-corrected chi connectivity index (χ3v) is 6.03. The summed E-state index contributed by atoms with van der Waals surface area (Å²) < 4.78 is 5.49. The molecule has 1 aromatic heterocycles. The van der Waals surface area contributed by atoms with Crippen LogP contribution in [-0.4, -0.2) is 43.7 Å². The first-order valence-corrected chi connectivity index (χ1v) is 11.0. The van der Waals surface area contributed by atoms with Crippen molar-refractivity contribution in [3.05, 3.63) is 82.6 Å². The van der Waals surface area contributed by atoms with Crippen molar-refractivity contribution in [3.63, 3.8) is 0 Å². The molecular weight excluding hydrogens is 380 g/mol. The zero-order chi connectivity index (χ0) is 19.9. The van der Waals surface area contributed by atoms with Gasteiger partial charge in [-0.3, -0.25) is 9.69 Å². The Hall–Kier alpha value is -2.47. The predicted octanol–water partition coefficient (Wildman–Crippen LogP) is 4.15. The lowest BCUT2D eigenvalue weighted by Gasteiger charge is -2.34. The number of rotatable bonds is 7. The second kappa shape index (κ2) is 9.83. The summed E-state index contributed by atoms with van der Waals surface area (Å²) in [6.45, 7) is 3.93. The van der Waals surface area contributed by atoms with E-state index in [0.29, 0.717) is 13.0 Å². The van der Waals surface area contributed by atoms with Gasteiger partial charge < -0.3 is 10.1 Å². The van der Waals surface area contributed by atoms with Gasteiger partial charge in [0, 0.05) is 19.6 Å². The van der Waals surface area contributed by atoms with Crippen LogP contribution < -0.4 is 5.32 Å². The Bertz CT molecular complexity index is 888. The van der Waals surface area contributed by atoms with Crippen LogP contribution >= 0.6 is 11.3 Å². The van der Waals surface area contributed by atoms with Gasteiger partial charge in [-0.2, -0.15) is 11.3 Å². The Balaban J connectivity index is 1.34. The maximum absolute atomic E-state index is 12.6. The fourth-order valence-electron chi connectivity index (χ4n) is 3.72. The maximum atomic E-state index is 12.6. The Kier molecular flexibility index (Phi) is 6.72. The SMILES string of the molecule is O=C(Cc1ccc(-c2ccccc2)cc1)NCC(c1ccsc1)N1CCOCC1. The van der Waals surface area contributed by atoms with Gasteiger partial charge in [-0.1, -0.05) is 54.6 Å². The van der Waals surface area contributed by atoms with Crippen LogP contribution in [0.4, 0.5) is 0 Å². The summed E-state index contributed by atoms with van der Waals surface area (Å²) >= 11 is 1.70. The van der Waals surface area contributed by atoms with E-state index in [9.17, 15) is 4.79 Å². The van der Waals surface area contributed by atoms with Gasteiger partial charge in [0.05, 0.1) is 25.7 Å². The highest BCUT2D eigenvalue weighted by molar-refractivity contribution is 7.07. The number of carbonyl (C=O) groups excluding carboxylic acids is 1. The normalized spacial score (nSPS) is 15.7. The number of hydrogen-bond donors (Lipinski definition) is 1. The van der Waals surface area contributed by atoms with Gasteiger partial charge in [-0.25, -0.2) is 0 Å². The molecule has 2 heterocycles. The average Bonchev–Trinajstić information content (AvgIpc) is 3.30. The number of morpholine rings is 1. The van der Waals surface area contributed by atoms with E-state index in [1.165, 1.54) is 16.7 Å². The van der Waals surface area contributed by atoms with Crippen LogP contribution in [0, 0.1) is 0 Å². The van der Waals surface area contributed by atoms with Crippen molar-refractivity contribution < 1.29 is 9.53 Å². The van der Waals surface area contributed by atoms with Crippen LogP contribution in [0.2, 0.25) is 0 Å². The van der Waals surface area contributed by atoms with E-state index in [1.807, 2.05) is 30.3 Å². The number of nitrogens with zero attached hydrogens (tertiary/aromatic N) is 1. The number of benzene rings is 2. The summed E-state index contributed by atoms with van der Waals surface area (Å²) in [4.78, 5) is 15.0.